The zero-order chi connectivity index (χ0) is 42.1. The van der Waals surface area contributed by atoms with Crippen molar-refractivity contribution >= 4 is 35.5 Å². The van der Waals surface area contributed by atoms with Crippen molar-refractivity contribution in [3.8, 4) is 0 Å². The molecule has 5 amide bonds. The average Bonchev–Trinajstić information content (AvgIpc) is 3.70. The van der Waals surface area contributed by atoms with E-state index in [2.05, 4.69) is 26.3 Å². The molecule has 5 rings (SSSR count). The Morgan fingerprint density at radius 1 is 0.847 bits per heavy atom. The number of Topliss-reactive ketones (excluding diaryl/α,β-unsaturated/α-hetero) is 1. The van der Waals surface area contributed by atoms with Crippen LogP contribution in [0.3, 0.4) is 0 Å². The lowest BCUT2D eigenvalue weighted by Gasteiger charge is -2.34. The Kier molecular flexibility index (Phi) is 17.0. The fourth-order valence-corrected chi connectivity index (χ4v) is 7.60. The van der Waals surface area contributed by atoms with Crippen molar-refractivity contribution in [3.05, 3.63) is 102 Å². The molecule has 1 saturated heterocycles. The van der Waals surface area contributed by atoms with Crippen LogP contribution >= 0.6 is 0 Å². The minimum Gasteiger partial charge on any atom is -0.449 e. The lowest BCUT2D eigenvalue weighted by molar-refractivity contribution is -0.143. The summed E-state index contributed by atoms with van der Waals surface area (Å²) < 4.78 is 11.7. The maximum absolute atomic E-state index is 14.6. The van der Waals surface area contributed by atoms with Gasteiger partial charge in [0, 0.05) is 19.2 Å². The quantitative estimate of drug-likeness (QED) is 0.124. The molecule has 4 N–H and O–H groups in total. The van der Waals surface area contributed by atoms with Gasteiger partial charge in [0.1, 0.15) is 12.1 Å². The van der Waals surface area contributed by atoms with Crippen LogP contribution in [0.4, 0.5) is 4.79 Å². The minimum atomic E-state index is -1.22. The predicted molar refractivity (Wildman–Crippen MR) is 220 cm³/mol. The van der Waals surface area contributed by atoms with Gasteiger partial charge < -0.3 is 35.6 Å². The zero-order valence-electron chi connectivity index (χ0n) is 34.3. The molecule has 1 aromatic heterocycles. The summed E-state index contributed by atoms with van der Waals surface area (Å²) >= 11 is 0. The first kappa shape index (κ1) is 44.5. The number of nitrogens with zero attached hydrogens (tertiary/aromatic N) is 2. The van der Waals surface area contributed by atoms with Gasteiger partial charge in [-0.05, 0) is 54.4 Å². The van der Waals surface area contributed by atoms with Crippen LogP contribution in [0.2, 0.25) is 0 Å². The van der Waals surface area contributed by atoms with Crippen LogP contribution in [0.5, 0.6) is 0 Å². The van der Waals surface area contributed by atoms with E-state index in [0.29, 0.717) is 12.1 Å². The summed E-state index contributed by atoms with van der Waals surface area (Å²) in [5, 5.41) is 10.9. The van der Waals surface area contributed by atoms with E-state index in [1.54, 1.807) is 18.3 Å². The Morgan fingerprint density at radius 3 is 2.20 bits per heavy atom. The molecule has 1 aliphatic carbocycles. The SMILES string of the molecule is CCCC(NC(=O)C1C[C@@H](OCc2ccccc2)CN1C(=O)C(NC(=O)OCC(C)C)C1CCCCC1)C(=O)C(=O)NCC(=O)NC(c1ccccc1)c1ccccn1. The molecule has 2 heterocycles. The first-order chi connectivity index (χ1) is 28.5. The summed E-state index contributed by atoms with van der Waals surface area (Å²) in [7, 11) is 0. The normalized spacial score (nSPS) is 18.3. The van der Waals surface area contributed by atoms with Crippen molar-refractivity contribution in [2.75, 3.05) is 19.7 Å². The van der Waals surface area contributed by atoms with E-state index >= 15 is 0 Å². The van der Waals surface area contributed by atoms with Crippen LogP contribution in [0.15, 0.2) is 85.1 Å². The zero-order valence-corrected chi connectivity index (χ0v) is 34.3. The molecule has 0 spiro atoms. The van der Waals surface area contributed by atoms with Crippen LogP contribution < -0.4 is 21.3 Å². The highest BCUT2D eigenvalue weighted by Crippen LogP contribution is 2.30. The van der Waals surface area contributed by atoms with Gasteiger partial charge in [-0.1, -0.05) is 113 Å². The number of ether oxygens (including phenoxy) is 2. The number of benzene rings is 2. The second kappa shape index (κ2) is 22.5. The van der Waals surface area contributed by atoms with Gasteiger partial charge in [0.25, 0.3) is 5.91 Å². The lowest BCUT2D eigenvalue weighted by Crippen LogP contribution is -2.58. The number of carbonyl (C=O) groups excluding carboxylic acids is 6. The Hall–Kier alpha value is -5.63. The first-order valence-corrected chi connectivity index (χ1v) is 20.8. The lowest BCUT2D eigenvalue weighted by atomic mass is 9.83. The number of hydrogen-bond donors (Lipinski definition) is 4. The molecule has 3 aromatic rings. The number of amides is 5. The molecule has 2 aromatic carbocycles. The fraction of sp³-hybridized carbons (Fsp3) is 0.489. The van der Waals surface area contributed by atoms with Crippen molar-refractivity contribution in [1.82, 2.24) is 31.2 Å². The molecule has 0 radical (unpaired) electrons. The summed E-state index contributed by atoms with van der Waals surface area (Å²) in [6.45, 7) is 5.69. The maximum Gasteiger partial charge on any atom is 0.407 e. The number of alkyl carbamates (subject to hydrolysis) is 1. The van der Waals surface area contributed by atoms with Crippen molar-refractivity contribution in [1.29, 1.82) is 0 Å². The topological polar surface area (TPSA) is 185 Å². The van der Waals surface area contributed by atoms with Gasteiger partial charge in [-0.2, -0.15) is 0 Å². The molecule has 2 fully saturated rings. The molecular formula is C45H58N6O8. The number of likely N-dealkylation sites (tertiary alicyclic amines) is 1. The van der Waals surface area contributed by atoms with E-state index < -0.39 is 72.3 Å². The molecule has 0 bridgehead atoms. The van der Waals surface area contributed by atoms with E-state index in [1.807, 2.05) is 87.5 Å². The number of nitrogens with one attached hydrogen (secondary N) is 4. The van der Waals surface area contributed by atoms with Crippen LogP contribution in [0.1, 0.15) is 95.0 Å². The number of aromatic nitrogens is 1. The first-order valence-electron chi connectivity index (χ1n) is 20.8. The molecule has 14 heteroatoms. The molecule has 5 atom stereocenters. The standard InChI is InChI=1S/C45H58N6O8/c1-4-16-36(41(53)43(55)47-26-38(52)49-39(32-19-10-6-11-20-32)35-23-14-15-24-46-35)48-42(54)37-25-34(58-29-31-17-8-5-9-18-31)27-51(37)44(56)40(33-21-12-7-13-22-33)50-45(57)59-28-30(2)3/h5-6,8-11,14-15,17-20,23-24,30,33-34,36-37,39-40H,4,7,12-13,16,21-22,25-29H2,1-3H3,(H,47,55)(H,48,54)(H,49,52)(H,50,57)/t34-,36?,37?,39?,40?/m1/s1. The van der Waals surface area contributed by atoms with Gasteiger partial charge in [0.15, 0.2) is 0 Å². The highest BCUT2D eigenvalue weighted by atomic mass is 16.5. The highest BCUT2D eigenvalue weighted by molar-refractivity contribution is 6.38. The van der Waals surface area contributed by atoms with E-state index in [9.17, 15) is 28.8 Å². The molecule has 59 heavy (non-hydrogen) atoms. The third-order valence-corrected chi connectivity index (χ3v) is 10.7. The van der Waals surface area contributed by atoms with E-state index in [4.69, 9.17) is 9.47 Å². The molecule has 4 unspecified atom stereocenters. The summed E-state index contributed by atoms with van der Waals surface area (Å²) in [5.41, 5.74) is 2.31. The van der Waals surface area contributed by atoms with Gasteiger partial charge in [-0.15, -0.1) is 0 Å². The Balaban J connectivity index is 1.28. The Bertz CT molecular complexity index is 1800. The Labute approximate surface area is 346 Å². The van der Waals surface area contributed by atoms with Gasteiger partial charge in [0.05, 0.1) is 43.6 Å². The summed E-state index contributed by atoms with van der Waals surface area (Å²) in [6.07, 6.45) is 5.45. The second-order valence-corrected chi connectivity index (χ2v) is 15.7. The van der Waals surface area contributed by atoms with E-state index in [0.717, 1.165) is 43.2 Å². The molecule has 1 aliphatic heterocycles. The predicted octanol–water partition coefficient (Wildman–Crippen LogP) is 4.77. The van der Waals surface area contributed by atoms with Crippen molar-refractivity contribution in [3.63, 3.8) is 0 Å². The third-order valence-electron chi connectivity index (χ3n) is 10.7. The average molecular weight is 811 g/mol. The number of carbonyl (C=O) groups is 6. The summed E-state index contributed by atoms with van der Waals surface area (Å²) in [5.74, 6) is -3.59. The maximum atomic E-state index is 14.6. The van der Waals surface area contributed by atoms with E-state index in [-0.39, 0.29) is 44.4 Å². The molecule has 14 nitrogen and oxygen atoms in total. The number of pyridine rings is 1. The van der Waals surface area contributed by atoms with Crippen LogP contribution in [0, 0.1) is 11.8 Å². The molecule has 2 aliphatic rings. The molecule has 1 saturated carbocycles. The fourth-order valence-electron chi connectivity index (χ4n) is 7.60. The number of ketones is 1. The minimum absolute atomic E-state index is 0.0835. The molecule has 316 valence electrons. The smallest absolute Gasteiger partial charge is 0.407 e. The van der Waals surface area contributed by atoms with Gasteiger partial charge in [0.2, 0.25) is 23.5 Å². The van der Waals surface area contributed by atoms with Crippen molar-refractivity contribution in [2.24, 2.45) is 11.8 Å². The van der Waals surface area contributed by atoms with Crippen LogP contribution in [-0.4, -0.2) is 89.3 Å². The largest absolute Gasteiger partial charge is 0.449 e. The monoisotopic (exact) mass is 810 g/mol. The molecular weight excluding hydrogens is 753 g/mol. The van der Waals surface area contributed by atoms with E-state index in [1.165, 1.54) is 4.90 Å². The summed E-state index contributed by atoms with van der Waals surface area (Å²) in [6, 6.07) is 20.4. The number of rotatable bonds is 19. The van der Waals surface area contributed by atoms with Crippen molar-refractivity contribution < 1.29 is 38.2 Å². The highest BCUT2D eigenvalue weighted by Gasteiger charge is 2.45. The summed E-state index contributed by atoms with van der Waals surface area (Å²) in [4.78, 5) is 87.6. The van der Waals surface area contributed by atoms with Gasteiger partial charge >= 0.3 is 6.09 Å². The second-order valence-electron chi connectivity index (χ2n) is 15.7. The number of hydrogen-bond acceptors (Lipinski definition) is 9. The van der Waals surface area contributed by atoms with Crippen molar-refractivity contribution in [2.45, 2.75) is 109 Å². The van der Waals surface area contributed by atoms with Gasteiger partial charge in [-0.3, -0.25) is 29.0 Å². The van der Waals surface area contributed by atoms with Crippen LogP contribution in [0.25, 0.3) is 0 Å². The van der Waals surface area contributed by atoms with Gasteiger partial charge in [-0.25, -0.2) is 4.79 Å². The van der Waals surface area contributed by atoms with Crippen LogP contribution in [-0.2, 0) is 40.1 Å². The third kappa shape index (κ3) is 13.2. The Morgan fingerprint density at radius 2 is 1.54 bits per heavy atom.